The summed E-state index contributed by atoms with van der Waals surface area (Å²) in [6.45, 7) is 2.35. The minimum Gasteiger partial charge on any atom is -0.481 e. The molecule has 0 fully saturated rings. The van der Waals surface area contributed by atoms with Gasteiger partial charge in [0.2, 0.25) is 0 Å². The number of ether oxygens (including phenoxy) is 1. The van der Waals surface area contributed by atoms with E-state index in [9.17, 15) is 9.59 Å². The summed E-state index contributed by atoms with van der Waals surface area (Å²) in [5.41, 5.74) is 7.27. The monoisotopic (exact) mass is 430 g/mol. The number of aryl methyl sites for hydroxylation is 3. The Bertz CT molecular complexity index is 1040. The topological polar surface area (TPSA) is 63.6 Å². The first-order valence-electron chi connectivity index (χ1n) is 11.2. The minimum absolute atomic E-state index is 0.101. The molecule has 0 heterocycles. The Morgan fingerprint density at radius 2 is 1.53 bits per heavy atom. The van der Waals surface area contributed by atoms with Crippen molar-refractivity contribution >= 4 is 11.9 Å². The molecular formula is C28H30O4. The Morgan fingerprint density at radius 3 is 2.25 bits per heavy atom. The highest BCUT2D eigenvalue weighted by molar-refractivity contribution is 5.76. The summed E-state index contributed by atoms with van der Waals surface area (Å²) in [6.07, 6.45) is 3.59. The Labute approximate surface area is 189 Å². The van der Waals surface area contributed by atoms with Crippen LogP contribution in [0.15, 0.2) is 72.8 Å². The molecule has 1 N–H and O–H groups in total. The van der Waals surface area contributed by atoms with Gasteiger partial charge < -0.3 is 9.84 Å². The molecule has 0 aliphatic rings. The van der Waals surface area contributed by atoms with Gasteiger partial charge in [0.25, 0.3) is 0 Å². The largest absolute Gasteiger partial charge is 0.481 e. The van der Waals surface area contributed by atoms with Crippen molar-refractivity contribution in [3.05, 3.63) is 95.1 Å². The van der Waals surface area contributed by atoms with Crippen molar-refractivity contribution in [3.8, 4) is 11.1 Å². The first-order valence-corrected chi connectivity index (χ1v) is 11.2. The van der Waals surface area contributed by atoms with Crippen molar-refractivity contribution in [3.63, 3.8) is 0 Å². The van der Waals surface area contributed by atoms with Crippen LogP contribution in [0.2, 0.25) is 0 Å². The Morgan fingerprint density at radius 1 is 0.781 bits per heavy atom. The zero-order valence-corrected chi connectivity index (χ0v) is 18.5. The molecule has 0 aromatic heterocycles. The third-order valence-electron chi connectivity index (χ3n) is 5.58. The summed E-state index contributed by atoms with van der Waals surface area (Å²) in [5, 5.41) is 8.67. The van der Waals surface area contributed by atoms with Gasteiger partial charge in [-0.05, 0) is 59.1 Å². The average molecular weight is 431 g/mol. The molecule has 3 aromatic rings. The maximum absolute atomic E-state index is 11.7. The number of hydrogen-bond acceptors (Lipinski definition) is 3. The Kier molecular flexibility index (Phi) is 8.61. The quantitative estimate of drug-likeness (QED) is 0.379. The van der Waals surface area contributed by atoms with Crippen LogP contribution in [0, 0.1) is 0 Å². The van der Waals surface area contributed by atoms with Gasteiger partial charge in [-0.25, -0.2) is 0 Å². The SMILES string of the molecule is CCc1cccc(-c2ccc(CCCc3ccccc3COC(=O)CCC(=O)O)cc2)c1. The molecule has 0 unspecified atom stereocenters. The second kappa shape index (κ2) is 11.8. The summed E-state index contributed by atoms with van der Waals surface area (Å²) < 4.78 is 5.25. The van der Waals surface area contributed by atoms with Crippen molar-refractivity contribution in [2.45, 2.75) is 52.1 Å². The fourth-order valence-corrected chi connectivity index (χ4v) is 3.70. The molecule has 3 aromatic carbocycles. The van der Waals surface area contributed by atoms with E-state index in [0.29, 0.717) is 0 Å². The van der Waals surface area contributed by atoms with E-state index in [2.05, 4.69) is 61.5 Å². The maximum atomic E-state index is 11.7. The van der Waals surface area contributed by atoms with Gasteiger partial charge in [0.15, 0.2) is 0 Å². The number of carbonyl (C=O) groups excluding carboxylic acids is 1. The minimum atomic E-state index is -0.995. The molecule has 0 bridgehead atoms. The third kappa shape index (κ3) is 7.09. The van der Waals surface area contributed by atoms with Crippen molar-refractivity contribution in [2.24, 2.45) is 0 Å². The first-order chi connectivity index (χ1) is 15.5. The number of hydrogen-bond donors (Lipinski definition) is 1. The maximum Gasteiger partial charge on any atom is 0.306 e. The van der Waals surface area contributed by atoms with E-state index in [-0.39, 0.29) is 19.4 Å². The summed E-state index contributed by atoms with van der Waals surface area (Å²) in [6, 6.07) is 25.4. The fourth-order valence-electron chi connectivity index (χ4n) is 3.70. The standard InChI is InChI=1S/C28H30O4/c1-2-21-7-5-12-25(19-21)24-15-13-22(14-16-24)8-6-11-23-9-3-4-10-26(23)20-32-28(31)18-17-27(29)30/h3-5,7,9-10,12-16,19H,2,6,8,11,17-18,20H2,1H3,(H,29,30). The molecule has 0 radical (unpaired) electrons. The van der Waals surface area contributed by atoms with E-state index in [4.69, 9.17) is 9.84 Å². The van der Waals surface area contributed by atoms with Crippen molar-refractivity contribution in [2.75, 3.05) is 0 Å². The van der Waals surface area contributed by atoms with E-state index >= 15 is 0 Å². The smallest absolute Gasteiger partial charge is 0.306 e. The molecule has 0 amide bonds. The van der Waals surface area contributed by atoms with Gasteiger partial charge >= 0.3 is 11.9 Å². The third-order valence-corrected chi connectivity index (χ3v) is 5.58. The van der Waals surface area contributed by atoms with E-state index in [0.717, 1.165) is 36.8 Å². The zero-order chi connectivity index (χ0) is 22.8. The van der Waals surface area contributed by atoms with Crippen LogP contribution in [0.3, 0.4) is 0 Å². The van der Waals surface area contributed by atoms with Gasteiger partial charge in [0, 0.05) is 0 Å². The molecule has 0 aliphatic heterocycles. The lowest BCUT2D eigenvalue weighted by molar-refractivity contribution is -0.148. The van der Waals surface area contributed by atoms with Gasteiger partial charge in [0.1, 0.15) is 6.61 Å². The van der Waals surface area contributed by atoms with Crippen LogP contribution in [-0.2, 0) is 40.2 Å². The van der Waals surface area contributed by atoms with Crippen molar-refractivity contribution < 1.29 is 19.4 Å². The molecule has 0 saturated carbocycles. The first kappa shape index (κ1) is 23.3. The molecule has 4 nitrogen and oxygen atoms in total. The van der Waals surface area contributed by atoms with Gasteiger partial charge in [-0.3, -0.25) is 9.59 Å². The predicted molar refractivity (Wildman–Crippen MR) is 126 cm³/mol. The molecule has 0 atom stereocenters. The van der Waals surface area contributed by atoms with Crippen molar-refractivity contribution in [1.82, 2.24) is 0 Å². The Hall–Kier alpha value is -3.40. The summed E-state index contributed by atoms with van der Waals surface area (Å²) in [5.74, 6) is -1.48. The van der Waals surface area contributed by atoms with E-state index in [1.165, 1.54) is 22.3 Å². The van der Waals surface area contributed by atoms with Crippen LogP contribution < -0.4 is 0 Å². The van der Waals surface area contributed by atoms with Crippen LogP contribution >= 0.6 is 0 Å². The van der Waals surface area contributed by atoms with Gasteiger partial charge in [-0.1, -0.05) is 79.7 Å². The van der Waals surface area contributed by atoms with Crippen LogP contribution in [0.1, 0.15) is 48.4 Å². The second-order valence-corrected chi connectivity index (χ2v) is 7.93. The molecule has 3 rings (SSSR count). The normalized spacial score (nSPS) is 10.7. The number of rotatable bonds is 11. The second-order valence-electron chi connectivity index (χ2n) is 7.93. The molecule has 0 aliphatic carbocycles. The van der Waals surface area contributed by atoms with Crippen molar-refractivity contribution in [1.29, 1.82) is 0 Å². The summed E-state index contributed by atoms with van der Waals surface area (Å²) in [7, 11) is 0. The summed E-state index contributed by atoms with van der Waals surface area (Å²) >= 11 is 0. The van der Waals surface area contributed by atoms with Gasteiger partial charge in [0.05, 0.1) is 12.8 Å². The zero-order valence-electron chi connectivity index (χ0n) is 18.5. The van der Waals surface area contributed by atoms with E-state index in [1.54, 1.807) is 0 Å². The van der Waals surface area contributed by atoms with Crippen LogP contribution in [-0.4, -0.2) is 17.0 Å². The van der Waals surface area contributed by atoms with E-state index in [1.807, 2.05) is 18.2 Å². The molecule has 0 saturated heterocycles. The van der Waals surface area contributed by atoms with Crippen LogP contribution in [0.4, 0.5) is 0 Å². The lowest BCUT2D eigenvalue weighted by atomic mass is 9.98. The number of aliphatic carboxylic acids is 1. The fraction of sp³-hybridized carbons (Fsp3) is 0.286. The lowest BCUT2D eigenvalue weighted by Crippen LogP contribution is -2.08. The van der Waals surface area contributed by atoms with E-state index < -0.39 is 11.9 Å². The number of carboxylic acids is 1. The average Bonchev–Trinajstić information content (AvgIpc) is 2.82. The van der Waals surface area contributed by atoms with Gasteiger partial charge in [-0.2, -0.15) is 0 Å². The summed E-state index contributed by atoms with van der Waals surface area (Å²) in [4.78, 5) is 22.3. The lowest BCUT2D eigenvalue weighted by Gasteiger charge is -2.11. The molecule has 166 valence electrons. The van der Waals surface area contributed by atoms with Crippen LogP contribution in [0.25, 0.3) is 11.1 Å². The number of carbonyl (C=O) groups is 2. The molecule has 4 heteroatoms. The molecule has 32 heavy (non-hydrogen) atoms. The predicted octanol–water partition coefficient (Wildman–Crippen LogP) is 6.00. The highest BCUT2D eigenvalue weighted by Crippen LogP contribution is 2.22. The molecular weight excluding hydrogens is 400 g/mol. The highest BCUT2D eigenvalue weighted by atomic mass is 16.5. The number of carboxylic acid groups (broad SMARTS) is 1. The Balaban J connectivity index is 1.52. The molecule has 0 spiro atoms. The van der Waals surface area contributed by atoms with Crippen LogP contribution in [0.5, 0.6) is 0 Å². The van der Waals surface area contributed by atoms with Gasteiger partial charge in [-0.15, -0.1) is 0 Å². The number of benzene rings is 3. The highest BCUT2D eigenvalue weighted by Gasteiger charge is 2.09. The number of esters is 1.